The summed E-state index contributed by atoms with van der Waals surface area (Å²) in [5.41, 5.74) is 0.381. The van der Waals surface area contributed by atoms with Crippen LogP contribution in [-0.4, -0.2) is 41.6 Å². The molecule has 1 aliphatic carbocycles. The number of likely N-dealkylation sites (tertiary alicyclic amines) is 1. The van der Waals surface area contributed by atoms with E-state index in [-0.39, 0.29) is 18.4 Å². The molecule has 2 rings (SSSR count). The van der Waals surface area contributed by atoms with E-state index in [0.29, 0.717) is 18.5 Å². The fourth-order valence-corrected chi connectivity index (χ4v) is 3.18. The molecule has 2 aliphatic rings. The molecular weight excluding hydrogens is 256 g/mol. The number of hydrogen-bond donors (Lipinski definition) is 2. The van der Waals surface area contributed by atoms with Gasteiger partial charge in [0.05, 0.1) is 0 Å². The van der Waals surface area contributed by atoms with Crippen LogP contribution in [0.25, 0.3) is 0 Å². The van der Waals surface area contributed by atoms with E-state index in [9.17, 15) is 9.59 Å². The van der Waals surface area contributed by atoms with Crippen LogP contribution in [0.2, 0.25) is 0 Å². The number of carbonyl (C=O) groups excluding carboxylic acids is 1. The van der Waals surface area contributed by atoms with E-state index in [2.05, 4.69) is 12.2 Å². The predicted molar refractivity (Wildman–Crippen MR) is 76.5 cm³/mol. The smallest absolute Gasteiger partial charge is 0.317 e. The summed E-state index contributed by atoms with van der Waals surface area (Å²) in [7, 11) is 0. The number of urea groups is 1. The van der Waals surface area contributed by atoms with Gasteiger partial charge < -0.3 is 15.3 Å². The third-order valence-electron chi connectivity index (χ3n) is 4.72. The van der Waals surface area contributed by atoms with Gasteiger partial charge in [-0.05, 0) is 43.4 Å². The van der Waals surface area contributed by atoms with Crippen molar-refractivity contribution in [1.82, 2.24) is 10.2 Å². The quantitative estimate of drug-likeness (QED) is 0.786. The number of carboxylic acids is 1. The van der Waals surface area contributed by atoms with Gasteiger partial charge in [-0.2, -0.15) is 0 Å². The molecule has 1 aliphatic heterocycles. The molecule has 20 heavy (non-hydrogen) atoms. The van der Waals surface area contributed by atoms with Crippen molar-refractivity contribution >= 4 is 12.0 Å². The minimum Gasteiger partial charge on any atom is -0.481 e. The van der Waals surface area contributed by atoms with E-state index in [1.165, 1.54) is 25.7 Å². The molecule has 0 aromatic rings. The lowest BCUT2D eigenvalue weighted by Crippen LogP contribution is -2.46. The van der Waals surface area contributed by atoms with E-state index < -0.39 is 5.97 Å². The average Bonchev–Trinajstić information content (AvgIpc) is 3.17. The SMILES string of the molecule is CCCC1(CNC(=O)N2CCC(CC(=O)O)CC2)CC1. The number of nitrogens with zero attached hydrogens (tertiary/aromatic N) is 1. The molecule has 2 fully saturated rings. The highest BCUT2D eigenvalue weighted by Gasteiger charge is 2.41. The number of piperidine rings is 1. The number of rotatable bonds is 6. The number of hydrogen-bond acceptors (Lipinski definition) is 2. The fourth-order valence-electron chi connectivity index (χ4n) is 3.18. The van der Waals surface area contributed by atoms with Crippen LogP contribution >= 0.6 is 0 Å². The second-order valence-corrected chi connectivity index (χ2v) is 6.44. The van der Waals surface area contributed by atoms with Crippen molar-refractivity contribution in [3.05, 3.63) is 0 Å². The predicted octanol–water partition coefficient (Wildman–Crippen LogP) is 2.46. The van der Waals surface area contributed by atoms with Crippen molar-refractivity contribution in [2.45, 2.75) is 51.9 Å². The van der Waals surface area contributed by atoms with Gasteiger partial charge in [0.1, 0.15) is 0 Å². The molecule has 1 saturated carbocycles. The van der Waals surface area contributed by atoms with Gasteiger partial charge in [0.2, 0.25) is 0 Å². The maximum Gasteiger partial charge on any atom is 0.317 e. The molecule has 0 bridgehead atoms. The van der Waals surface area contributed by atoms with Gasteiger partial charge >= 0.3 is 12.0 Å². The third-order valence-corrected chi connectivity index (χ3v) is 4.72. The molecule has 114 valence electrons. The Hall–Kier alpha value is -1.26. The zero-order chi connectivity index (χ0) is 14.6. The number of carboxylic acid groups (broad SMARTS) is 1. The maximum absolute atomic E-state index is 12.1. The van der Waals surface area contributed by atoms with E-state index >= 15 is 0 Å². The van der Waals surface area contributed by atoms with Gasteiger partial charge in [-0.25, -0.2) is 4.79 Å². The lowest BCUT2D eigenvalue weighted by atomic mass is 9.94. The summed E-state index contributed by atoms with van der Waals surface area (Å²) in [6, 6.07) is 0.0288. The topological polar surface area (TPSA) is 69.6 Å². The molecule has 5 heteroatoms. The van der Waals surface area contributed by atoms with E-state index in [0.717, 1.165) is 19.4 Å². The molecule has 2 amide bonds. The second-order valence-electron chi connectivity index (χ2n) is 6.44. The highest BCUT2D eigenvalue weighted by atomic mass is 16.4. The molecule has 5 nitrogen and oxygen atoms in total. The monoisotopic (exact) mass is 282 g/mol. The Morgan fingerprint density at radius 3 is 2.45 bits per heavy atom. The molecule has 0 atom stereocenters. The number of nitrogens with one attached hydrogen (secondary N) is 1. The van der Waals surface area contributed by atoms with Gasteiger partial charge in [-0.15, -0.1) is 0 Å². The van der Waals surface area contributed by atoms with Crippen molar-refractivity contribution in [2.24, 2.45) is 11.3 Å². The minimum absolute atomic E-state index is 0.0288. The second kappa shape index (κ2) is 6.46. The highest BCUT2D eigenvalue weighted by molar-refractivity contribution is 5.74. The Bertz CT molecular complexity index is 358. The Balaban J connectivity index is 1.68. The van der Waals surface area contributed by atoms with Crippen LogP contribution in [0.4, 0.5) is 4.79 Å². The van der Waals surface area contributed by atoms with Crippen molar-refractivity contribution in [2.75, 3.05) is 19.6 Å². The van der Waals surface area contributed by atoms with Gasteiger partial charge in [-0.3, -0.25) is 4.79 Å². The standard InChI is InChI=1S/C15H26N2O3/c1-2-5-15(6-7-15)11-16-14(20)17-8-3-12(4-9-17)10-13(18)19/h12H,2-11H2,1H3,(H,16,20)(H,18,19). The third kappa shape index (κ3) is 4.12. The van der Waals surface area contributed by atoms with Gasteiger partial charge in [-0.1, -0.05) is 13.3 Å². The van der Waals surface area contributed by atoms with Gasteiger partial charge in [0.25, 0.3) is 0 Å². The first-order valence-corrected chi connectivity index (χ1v) is 7.79. The molecule has 0 unspecified atom stereocenters. The molecule has 0 aromatic heterocycles. The maximum atomic E-state index is 12.1. The lowest BCUT2D eigenvalue weighted by Gasteiger charge is -2.32. The van der Waals surface area contributed by atoms with E-state index in [1.54, 1.807) is 0 Å². The summed E-state index contributed by atoms with van der Waals surface area (Å²) in [4.78, 5) is 24.6. The zero-order valence-corrected chi connectivity index (χ0v) is 12.4. The van der Waals surface area contributed by atoms with Gasteiger partial charge in [0, 0.05) is 26.1 Å². The average molecular weight is 282 g/mol. The van der Waals surface area contributed by atoms with Crippen LogP contribution in [0.3, 0.4) is 0 Å². The molecule has 0 radical (unpaired) electrons. The number of amides is 2. The first-order chi connectivity index (χ1) is 9.54. The largest absolute Gasteiger partial charge is 0.481 e. The van der Waals surface area contributed by atoms with Crippen LogP contribution in [0, 0.1) is 11.3 Å². The van der Waals surface area contributed by atoms with E-state index in [1.807, 2.05) is 4.90 Å². The van der Waals surface area contributed by atoms with Crippen molar-refractivity contribution in [3.8, 4) is 0 Å². The summed E-state index contributed by atoms with van der Waals surface area (Å²) in [5.74, 6) is -0.505. The first kappa shape index (κ1) is 15.1. The van der Waals surface area contributed by atoms with Gasteiger partial charge in [0.15, 0.2) is 0 Å². The molecule has 1 saturated heterocycles. The van der Waals surface area contributed by atoms with Crippen LogP contribution < -0.4 is 5.32 Å². The van der Waals surface area contributed by atoms with Crippen molar-refractivity contribution in [3.63, 3.8) is 0 Å². The summed E-state index contributed by atoms with van der Waals surface area (Å²) < 4.78 is 0. The fraction of sp³-hybridized carbons (Fsp3) is 0.867. The van der Waals surface area contributed by atoms with Crippen LogP contribution in [0.1, 0.15) is 51.9 Å². The molecule has 0 spiro atoms. The molecule has 2 N–H and O–H groups in total. The molecular formula is C15H26N2O3. The minimum atomic E-state index is -0.733. The Kier molecular flexibility index (Phi) is 4.89. The van der Waals surface area contributed by atoms with Crippen LogP contribution in [0.15, 0.2) is 0 Å². The molecule has 0 aromatic carbocycles. The lowest BCUT2D eigenvalue weighted by molar-refractivity contribution is -0.138. The zero-order valence-electron chi connectivity index (χ0n) is 12.4. The van der Waals surface area contributed by atoms with Crippen LogP contribution in [-0.2, 0) is 4.79 Å². The molecule has 1 heterocycles. The summed E-state index contributed by atoms with van der Waals surface area (Å²) in [6.07, 6.45) is 6.70. The Labute approximate surface area is 120 Å². The Morgan fingerprint density at radius 1 is 1.30 bits per heavy atom. The summed E-state index contributed by atoms with van der Waals surface area (Å²) in [5, 5.41) is 11.8. The summed E-state index contributed by atoms with van der Waals surface area (Å²) >= 11 is 0. The normalized spacial score (nSPS) is 21.6. The van der Waals surface area contributed by atoms with E-state index in [4.69, 9.17) is 5.11 Å². The number of carbonyl (C=O) groups is 2. The van der Waals surface area contributed by atoms with Crippen LogP contribution in [0.5, 0.6) is 0 Å². The Morgan fingerprint density at radius 2 is 1.95 bits per heavy atom. The van der Waals surface area contributed by atoms with Crippen molar-refractivity contribution in [1.29, 1.82) is 0 Å². The number of aliphatic carboxylic acids is 1. The first-order valence-electron chi connectivity index (χ1n) is 7.79. The highest BCUT2D eigenvalue weighted by Crippen LogP contribution is 2.48. The summed E-state index contributed by atoms with van der Waals surface area (Å²) in [6.45, 7) is 4.36. The van der Waals surface area contributed by atoms with Crippen molar-refractivity contribution < 1.29 is 14.7 Å².